The zero-order valence-electron chi connectivity index (χ0n) is 7.40. The largest absolute Gasteiger partial charge is 0.504 e. The van der Waals surface area contributed by atoms with E-state index in [1.54, 1.807) is 0 Å². The summed E-state index contributed by atoms with van der Waals surface area (Å²) in [5.74, 6) is -1.53. The zero-order valence-corrected chi connectivity index (χ0v) is 7.40. The Morgan fingerprint density at radius 2 is 1.93 bits per heavy atom. The van der Waals surface area contributed by atoms with Crippen LogP contribution in [0.2, 0.25) is 0 Å². The minimum absolute atomic E-state index is 0.268. The molecule has 2 rings (SSSR count). The van der Waals surface area contributed by atoms with Crippen molar-refractivity contribution < 1.29 is 20.1 Å². The highest BCUT2D eigenvalue weighted by atomic mass is 16.4. The van der Waals surface area contributed by atoms with E-state index in [0.717, 1.165) is 0 Å². The third-order valence-electron chi connectivity index (χ3n) is 2.69. The van der Waals surface area contributed by atoms with Crippen molar-refractivity contribution in [2.24, 2.45) is 0 Å². The highest BCUT2D eigenvalue weighted by molar-refractivity contribution is 5.86. The number of para-hydroxylation sites is 1. The smallest absolute Gasteiger partial charge is 0.314 e. The van der Waals surface area contributed by atoms with Crippen LogP contribution in [0.1, 0.15) is 18.4 Å². The van der Waals surface area contributed by atoms with Gasteiger partial charge in [0.25, 0.3) is 0 Å². The van der Waals surface area contributed by atoms with Crippen molar-refractivity contribution in [2.75, 3.05) is 0 Å². The number of aromatic hydroxyl groups is 2. The van der Waals surface area contributed by atoms with Crippen LogP contribution < -0.4 is 0 Å². The van der Waals surface area contributed by atoms with Crippen LogP contribution in [0.25, 0.3) is 0 Å². The van der Waals surface area contributed by atoms with Gasteiger partial charge in [-0.1, -0.05) is 12.1 Å². The third kappa shape index (κ3) is 1.04. The number of carboxylic acid groups (broad SMARTS) is 1. The van der Waals surface area contributed by atoms with Crippen LogP contribution in [0.5, 0.6) is 11.5 Å². The quantitative estimate of drug-likeness (QED) is 0.618. The van der Waals surface area contributed by atoms with Crippen molar-refractivity contribution in [3.63, 3.8) is 0 Å². The van der Waals surface area contributed by atoms with E-state index < -0.39 is 11.4 Å². The molecule has 0 atom stereocenters. The Morgan fingerprint density at radius 1 is 1.29 bits per heavy atom. The number of phenolic OH excluding ortho intramolecular Hbond substituents is 2. The van der Waals surface area contributed by atoms with Gasteiger partial charge in [0.05, 0.1) is 5.41 Å². The highest BCUT2D eigenvalue weighted by Crippen LogP contribution is 2.52. The van der Waals surface area contributed by atoms with Gasteiger partial charge in [-0.3, -0.25) is 4.79 Å². The number of hydrogen-bond acceptors (Lipinski definition) is 3. The van der Waals surface area contributed by atoms with E-state index >= 15 is 0 Å². The standard InChI is InChI=1S/C10H10O4/c11-7-3-1-2-6(8(7)12)10(4-5-10)9(13)14/h1-3,11-12H,4-5H2,(H,13,14). The molecule has 1 aliphatic rings. The molecule has 0 amide bonds. The molecule has 14 heavy (non-hydrogen) atoms. The first kappa shape index (κ1) is 8.87. The Bertz CT molecular complexity index is 393. The lowest BCUT2D eigenvalue weighted by Gasteiger charge is -2.12. The molecule has 1 saturated carbocycles. The van der Waals surface area contributed by atoms with Crippen LogP contribution in [-0.2, 0) is 10.2 Å². The van der Waals surface area contributed by atoms with Gasteiger partial charge < -0.3 is 15.3 Å². The molecule has 0 bridgehead atoms. The van der Waals surface area contributed by atoms with Crippen molar-refractivity contribution in [1.82, 2.24) is 0 Å². The molecule has 0 aliphatic heterocycles. The van der Waals surface area contributed by atoms with Gasteiger partial charge in [0.2, 0.25) is 0 Å². The van der Waals surface area contributed by atoms with E-state index in [9.17, 15) is 15.0 Å². The second-order valence-corrected chi connectivity index (χ2v) is 3.56. The van der Waals surface area contributed by atoms with Crippen LogP contribution >= 0.6 is 0 Å². The van der Waals surface area contributed by atoms with Crippen molar-refractivity contribution in [1.29, 1.82) is 0 Å². The maximum Gasteiger partial charge on any atom is 0.314 e. The van der Waals surface area contributed by atoms with Crippen LogP contribution in [0.15, 0.2) is 18.2 Å². The van der Waals surface area contributed by atoms with Gasteiger partial charge in [-0.15, -0.1) is 0 Å². The number of rotatable bonds is 2. The molecule has 74 valence electrons. The zero-order chi connectivity index (χ0) is 10.3. The molecule has 0 heterocycles. The van der Waals surface area contributed by atoms with Gasteiger partial charge in [-0.05, 0) is 18.9 Å². The van der Waals surface area contributed by atoms with Crippen molar-refractivity contribution in [3.8, 4) is 11.5 Å². The fourth-order valence-corrected chi connectivity index (χ4v) is 1.64. The minimum Gasteiger partial charge on any atom is -0.504 e. The minimum atomic E-state index is -0.969. The first-order chi connectivity index (χ1) is 6.58. The van der Waals surface area contributed by atoms with Gasteiger partial charge in [-0.2, -0.15) is 0 Å². The monoisotopic (exact) mass is 194 g/mol. The SMILES string of the molecule is O=C(O)C1(c2cccc(O)c2O)CC1. The Balaban J connectivity index is 2.52. The first-order valence-electron chi connectivity index (χ1n) is 4.33. The summed E-state index contributed by atoms with van der Waals surface area (Å²) in [5.41, 5.74) is -0.659. The predicted octanol–water partition coefficient (Wildman–Crippen LogP) is 1.21. The van der Waals surface area contributed by atoms with Crippen LogP contribution in [-0.4, -0.2) is 21.3 Å². The molecule has 0 aromatic heterocycles. The molecule has 1 fully saturated rings. The molecule has 1 aliphatic carbocycles. The lowest BCUT2D eigenvalue weighted by atomic mass is 9.95. The average Bonchev–Trinajstić information content (AvgIpc) is 2.90. The van der Waals surface area contributed by atoms with Gasteiger partial charge >= 0.3 is 5.97 Å². The first-order valence-corrected chi connectivity index (χ1v) is 4.33. The summed E-state index contributed by atoms with van der Waals surface area (Å²) in [4.78, 5) is 11.0. The van der Waals surface area contributed by atoms with E-state index in [1.807, 2.05) is 0 Å². The summed E-state index contributed by atoms with van der Waals surface area (Å²) in [5, 5.41) is 27.7. The van der Waals surface area contributed by atoms with Gasteiger partial charge in [0.1, 0.15) is 0 Å². The molecule has 0 radical (unpaired) electrons. The predicted molar refractivity (Wildman–Crippen MR) is 48.3 cm³/mol. The second kappa shape index (κ2) is 2.64. The summed E-state index contributed by atoms with van der Waals surface area (Å²) in [6.07, 6.45) is 1.03. The molecule has 4 nitrogen and oxygen atoms in total. The molecule has 4 heteroatoms. The number of hydrogen-bond donors (Lipinski definition) is 3. The summed E-state index contributed by atoms with van der Waals surface area (Å²) in [7, 11) is 0. The maximum atomic E-state index is 11.0. The second-order valence-electron chi connectivity index (χ2n) is 3.56. The van der Waals surface area contributed by atoms with Crippen LogP contribution in [0.3, 0.4) is 0 Å². The number of carbonyl (C=O) groups is 1. The Labute approximate surface area is 80.4 Å². The topological polar surface area (TPSA) is 77.8 Å². The molecular formula is C10H10O4. The van der Waals surface area contributed by atoms with Crippen molar-refractivity contribution >= 4 is 5.97 Å². The fourth-order valence-electron chi connectivity index (χ4n) is 1.64. The highest BCUT2D eigenvalue weighted by Gasteiger charge is 2.53. The number of aliphatic carboxylic acids is 1. The molecule has 0 unspecified atom stereocenters. The normalized spacial score (nSPS) is 17.7. The summed E-state index contributed by atoms with van der Waals surface area (Å²) in [6, 6.07) is 4.40. The van der Waals surface area contributed by atoms with Crippen LogP contribution in [0.4, 0.5) is 0 Å². The Kier molecular flexibility index (Phi) is 1.67. The summed E-state index contributed by atoms with van der Waals surface area (Å²) >= 11 is 0. The fraction of sp³-hybridized carbons (Fsp3) is 0.300. The summed E-state index contributed by atoms with van der Waals surface area (Å²) < 4.78 is 0. The van der Waals surface area contributed by atoms with E-state index in [-0.39, 0.29) is 11.5 Å². The number of carboxylic acids is 1. The number of phenols is 2. The third-order valence-corrected chi connectivity index (χ3v) is 2.69. The Hall–Kier alpha value is -1.71. The van der Waals surface area contributed by atoms with E-state index in [1.165, 1.54) is 18.2 Å². The average molecular weight is 194 g/mol. The maximum absolute atomic E-state index is 11.0. The number of benzene rings is 1. The van der Waals surface area contributed by atoms with Gasteiger partial charge in [0, 0.05) is 5.56 Å². The van der Waals surface area contributed by atoms with E-state index in [2.05, 4.69) is 0 Å². The lowest BCUT2D eigenvalue weighted by Crippen LogP contribution is -2.19. The molecule has 0 spiro atoms. The Morgan fingerprint density at radius 3 is 2.43 bits per heavy atom. The summed E-state index contributed by atoms with van der Waals surface area (Å²) in [6.45, 7) is 0. The van der Waals surface area contributed by atoms with Gasteiger partial charge in [-0.25, -0.2) is 0 Å². The van der Waals surface area contributed by atoms with E-state index in [4.69, 9.17) is 5.11 Å². The molecule has 0 saturated heterocycles. The molecule has 1 aromatic carbocycles. The molecule has 1 aromatic rings. The van der Waals surface area contributed by atoms with E-state index in [0.29, 0.717) is 18.4 Å². The van der Waals surface area contributed by atoms with Crippen LogP contribution in [0, 0.1) is 0 Å². The lowest BCUT2D eigenvalue weighted by molar-refractivity contribution is -0.140. The van der Waals surface area contributed by atoms with Gasteiger partial charge in [0.15, 0.2) is 11.5 Å². The van der Waals surface area contributed by atoms with Crippen molar-refractivity contribution in [3.05, 3.63) is 23.8 Å². The molecule has 3 N–H and O–H groups in total. The molecular weight excluding hydrogens is 184 g/mol. The van der Waals surface area contributed by atoms with Crippen molar-refractivity contribution in [2.45, 2.75) is 18.3 Å².